The van der Waals surface area contributed by atoms with Crippen molar-refractivity contribution in [2.75, 3.05) is 23.4 Å². The molecular weight excluding hydrogens is 280 g/mol. The van der Waals surface area contributed by atoms with Gasteiger partial charge in [0.2, 0.25) is 5.13 Å². The van der Waals surface area contributed by atoms with Crippen molar-refractivity contribution < 1.29 is 14.3 Å². The minimum atomic E-state index is -0.365. The molecular formula is C12H10N4O3S. The Kier molecular flexibility index (Phi) is 3.30. The van der Waals surface area contributed by atoms with E-state index in [1.54, 1.807) is 24.3 Å². The molecule has 1 aromatic carbocycles. The van der Waals surface area contributed by atoms with Gasteiger partial charge in [-0.1, -0.05) is 11.3 Å². The first kappa shape index (κ1) is 12.5. The molecule has 20 heavy (non-hydrogen) atoms. The summed E-state index contributed by atoms with van der Waals surface area (Å²) in [5.41, 5.74) is 2.73. The predicted octanol–water partition coefficient (Wildman–Crippen LogP) is 1.75. The molecule has 0 aliphatic carbocycles. The maximum Gasteiger partial charge on any atom is 0.414 e. The summed E-state index contributed by atoms with van der Waals surface area (Å²) in [6.07, 6.45) is -0.365. The number of aromatic nitrogens is 2. The Bertz CT molecular complexity index is 627. The Morgan fingerprint density at radius 3 is 2.75 bits per heavy atom. The summed E-state index contributed by atoms with van der Waals surface area (Å²) in [6, 6.07) is 6.72. The van der Waals surface area contributed by atoms with Crippen LogP contribution in [0.25, 0.3) is 0 Å². The highest BCUT2D eigenvalue weighted by Crippen LogP contribution is 2.19. The molecule has 1 fully saturated rings. The first-order valence-corrected chi connectivity index (χ1v) is 6.74. The molecule has 0 unspecified atom stereocenters. The van der Waals surface area contributed by atoms with Crippen molar-refractivity contribution in [1.82, 2.24) is 10.2 Å². The van der Waals surface area contributed by atoms with E-state index >= 15 is 0 Å². The standard InChI is InChI=1S/C12H10N4O3S/c17-10(14-11-15-13-7-20-11)8-1-3-9(4-2-8)16-5-6-19-12(16)18/h1-4,7H,5-6H2,(H,14,15,17). The number of benzene rings is 1. The number of carbonyl (C=O) groups is 2. The zero-order valence-corrected chi connectivity index (χ0v) is 11.1. The van der Waals surface area contributed by atoms with Gasteiger partial charge >= 0.3 is 6.09 Å². The Morgan fingerprint density at radius 2 is 2.15 bits per heavy atom. The molecule has 0 atom stereocenters. The van der Waals surface area contributed by atoms with Crippen LogP contribution in [0.4, 0.5) is 15.6 Å². The second kappa shape index (κ2) is 5.25. The lowest BCUT2D eigenvalue weighted by atomic mass is 10.2. The van der Waals surface area contributed by atoms with Gasteiger partial charge in [0, 0.05) is 11.3 Å². The first-order chi connectivity index (χ1) is 9.74. The van der Waals surface area contributed by atoms with E-state index in [1.165, 1.54) is 21.7 Å². The number of cyclic esters (lactones) is 1. The van der Waals surface area contributed by atoms with Crippen LogP contribution in [0.5, 0.6) is 0 Å². The molecule has 0 spiro atoms. The van der Waals surface area contributed by atoms with Crippen LogP contribution < -0.4 is 10.2 Å². The molecule has 1 aliphatic rings. The van der Waals surface area contributed by atoms with Gasteiger partial charge in [-0.3, -0.25) is 15.0 Å². The van der Waals surface area contributed by atoms with E-state index in [9.17, 15) is 9.59 Å². The Balaban J connectivity index is 1.72. The third kappa shape index (κ3) is 2.45. The first-order valence-electron chi connectivity index (χ1n) is 5.86. The van der Waals surface area contributed by atoms with Crippen LogP contribution in [0.3, 0.4) is 0 Å². The fourth-order valence-corrected chi connectivity index (χ4v) is 2.26. The zero-order chi connectivity index (χ0) is 13.9. The van der Waals surface area contributed by atoms with Gasteiger partial charge in [-0.15, -0.1) is 10.2 Å². The molecule has 7 nitrogen and oxygen atoms in total. The summed E-state index contributed by atoms with van der Waals surface area (Å²) < 4.78 is 4.86. The number of nitrogens with one attached hydrogen (secondary N) is 1. The fraction of sp³-hybridized carbons (Fsp3) is 0.167. The lowest BCUT2D eigenvalue weighted by Gasteiger charge is -2.12. The van der Waals surface area contributed by atoms with Crippen LogP contribution in [0.1, 0.15) is 10.4 Å². The summed E-state index contributed by atoms with van der Waals surface area (Å²) in [6.45, 7) is 0.910. The lowest BCUT2D eigenvalue weighted by molar-refractivity contribution is 0.102. The molecule has 0 bridgehead atoms. The van der Waals surface area contributed by atoms with E-state index in [0.717, 1.165) is 0 Å². The normalized spacial score (nSPS) is 14.2. The third-order valence-electron chi connectivity index (χ3n) is 2.78. The molecule has 102 valence electrons. The van der Waals surface area contributed by atoms with E-state index < -0.39 is 0 Å². The molecule has 8 heteroatoms. The van der Waals surface area contributed by atoms with Gasteiger partial charge in [0.15, 0.2) is 0 Å². The Morgan fingerprint density at radius 1 is 1.35 bits per heavy atom. The van der Waals surface area contributed by atoms with Crippen molar-refractivity contribution >= 4 is 34.2 Å². The molecule has 1 saturated heterocycles. The molecule has 0 radical (unpaired) electrons. The average molecular weight is 290 g/mol. The molecule has 3 rings (SSSR count). The number of rotatable bonds is 3. The lowest BCUT2D eigenvalue weighted by Crippen LogP contribution is -2.23. The second-order valence-electron chi connectivity index (χ2n) is 4.01. The van der Waals surface area contributed by atoms with Gasteiger partial charge in [-0.25, -0.2) is 4.79 Å². The number of carbonyl (C=O) groups excluding carboxylic acids is 2. The van der Waals surface area contributed by atoms with E-state index in [0.29, 0.717) is 29.5 Å². The van der Waals surface area contributed by atoms with Gasteiger partial charge < -0.3 is 4.74 Å². The van der Waals surface area contributed by atoms with Crippen LogP contribution in [-0.2, 0) is 4.74 Å². The minimum absolute atomic E-state index is 0.266. The monoisotopic (exact) mass is 290 g/mol. The number of anilines is 2. The zero-order valence-electron chi connectivity index (χ0n) is 10.3. The maximum absolute atomic E-state index is 11.9. The molecule has 2 aromatic rings. The summed E-state index contributed by atoms with van der Waals surface area (Å²) >= 11 is 1.25. The van der Waals surface area contributed by atoms with E-state index in [1.807, 2.05) is 0 Å². The van der Waals surface area contributed by atoms with Crippen molar-refractivity contribution in [3.8, 4) is 0 Å². The maximum atomic E-state index is 11.9. The summed E-state index contributed by atoms with van der Waals surface area (Å²) in [5.74, 6) is -0.266. The van der Waals surface area contributed by atoms with Gasteiger partial charge in [-0.05, 0) is 24.3 Å². The van der Waals surface area contributed by atoms with Gasteiger partial charge in [0.05, 0.1) is 6.54 Å². The molecule has 1 N–H and O–H groups in total. The van der Waals surface area contributed by atoms with Crippen LogP contribution in [0, 0.1) is 0 Å². The molecule has 2 heterocycles. The molecule has 2 amide bonds. The average Bonchev–Trinajstić information content (AvgIpc) is 3.10. The number of hydrogen-bond donors (Lipinski definition) is 1. The predicted molar refractivity (Wildman–Crippen MR) is 73.0 cm³/mol. The third-order valence-corrected chi connectivity index (χ3v) is 3.39. The van der Waals surface area contributed by atoms with Gasteiger partial charge in [0.1, 0.15) is 12.1 Å². The van der Waals surface area contributed by atoms with Crippen molar-refractivity contribution in [3.63, 3.8) is 0 Å². The second-order valence-corrected chi connectivity index (χ2v) is 4.84. The summed E-state index contributed by atoms with van der Waals surface area (Å²) in [4.78, 5) is 24.9. The van der Waals surface area contributed by atoms with E-state index in [-0.39, 0.29) is 12.0 Å². The highest BCUT2D eigenvalue weighted by molar-refractivity contribution is 7.13. The number of nitrogens with zero attached hydrogens (tertiary/aromatic N) is 3. The molecule has 1 aliphatic heterocycles. The van der Waals surface area contributed by atoms with Crippen LogP contribution in [0.15, 0.2) is 29.8 Å². The minimum Gasteiger partial charge on any atom is -0.447 e. The van der Waals surface area contributed by atoms with Crippen molar-refractivity contribution in [3.05, 3.63) is 35.3 Å². The number of ether oxygens (including phenoxy) is 1. The fourth-order valence-electron chi connectivity index (χ4n) is 1.82. The number of amides is 2. The molecule has 1 aromatic heterocycles. The highest BCUT2D eigenvalue weighted by atomic mass is 32.1. The van der Waals surface area contributed by atoms with E-state index in [2.05, 4.69) is 15.5 Å². The van der Waals surface area contributed by atoms with Gasteiger partial charge in [-0.2, -0.15) is 0 Å². The Labute approximate surface area is 118 Å². The van der Waals surface area contributed by atoms with Crippen molar-refractivity contribution in [2.24, 2.45) is 0 Å². The topological polar surface area (TPSA) is 84.4 Å². The van der Waals surface area contributed by atoms with Crippen molar-refractivity contribution in [2.45, 2.75) is 0 Å². The SMILES string of the molecule is O=C(Nc1nncs1)c1ccc(N2CCOC2=O)cc1. The summed E-state index contributed by atoms with van der Waals surface area (Å²) in [5, 5.41) is 10.5. The highest BCUT2D eigenvalue weighted by Gasteiger charge is 2.23. The van der Waals surface area contributed by atoms with Crippen molar-refractivity contribution in [1.29, 1.82) is 0 Å². The summed E-state index contributed by atoms with van der Waals surface area (Å²) in [7, 11) is 0. The number of hydrogen-bond acceptors (Lipinski definition) is 6. The van der Waals surface area contributed by atoms with Crippen LogP contribution in [-0.4, -0.2) is 35.3 Å². The smallest absolute Gasteiger partial charge is 0.414 e. The van der Waals surface area contributed by atoms with Crippen LogP contribution in [0.2, 0.25) is 0 Å². The van der Waals surface area contributed by atoms with Crippen LogP contribution >= 0.6 is 11.3 Å². The van der Waals surface area contributed by atoms with Gasteiger partial charge in [0.25, 0.3) is 5.91 Å². The molecule has 0 saturated carbocycles. The largest absolute Gasteiger partial charge is 0.447 e. The Hall–Kier alpha value is -2.48. The van der Waals surface area contributed by atoms with E-state index in [4.69, 9.17) is 4.74 Å². The quantitative estimate of drug-likeness (QED) is 0.930.